The monoisotopic (exact) mass is 223 g/mol. The van der Waals surface area contributed by atoms with Gasteiger partial charge in [-0.25, -0.2) is 9.59 Å². The first-order valence-electron chi connectivity index (χ1n) is 4.83. The Labute approximate surface area is 92.9 Å². The van der Waals surface area contributed by atoms with Gasteiger partial charge in [-0.05, 0) is 30.5 Å². The summed E-state index contributed by atoms with van der Waals surface area (Å²) in [5, 5.41) is 17.7. The Morgan fingerprint density at radius 3 is 2.25 bits per heavy atom. The van der Waals surface area contributed by atoms with E-state index in [1.165, 1.54) is 6.07 Å². The lowest BCUT2D eigenvalue weighted by Crippen LogP contribution is -2.35. The summed E-state index contributed by atoms with van der Waals surface area (Å²) in [7, 11) is 0. The quantitative estimate of drug-likeness (QED) is 0.808. The van der Waals surface area contributed by atoms with Gasteiger partial charge in [0.25, 0.3) is 0 Å². The molecule has 0 aromatic heterocycles. The van der Waals surface area contributed by atoms with E-state index < -0.39 is 12.2 Å². The van der Waals surface area contributed by atoms with Crippen LogP contribution in [0.25, 0.3) is 0 Å². The van der Waals surface area contributed by atoms with E-state index in [-0.39, 0.29) is 5.69 Å². The molecule has 1 aromatic carbocycles. The minimum atomic E-state index is -1.49. The smallest absolute Gasteiger partial charge is 0.421 e. The molecule has 0 saturated carbocycles. The molecular weight excluding hydrogens is 210 g/mol. The lowest BCUT2D eigenvalue weighted by molar-refractivity contribution is 0.184. The van der Waals surface area contributed by atoms with Crippen molar-refractivity contribution < 1.29 is 19.8 Å². The number of rotatable bonds is 2. The summed E-state index contributed by atoms with van der Waals surface area (Å²) in [4.78, 5) is 22.1. The van der Waals surface area contributed by atoms with E-state index in [4.69, 9.17) is 10.2 Å². The number of amides is 2. The molecule has 2 N–H and O–H groups in total. The molecule has 0 unspecified atom stereocenters. The van der Waals surface area contributed by atoms with Crippen LogP contribution in [0.5, 0.6) is 0 Å². The topological polar surface area (TPSA) is 77.8 Å². The molecule has 1 aromatic rings. The minimum absolute atomic E-state index is 0.211. The Morgan fingerprint density at radius 1 is 1.25 bits per heavy atom. The molecule has 0 bridgehead atoms. The highest BCUT2D eigenvalue weighted by molar-refractivity contribution is 6.08. The zero-order valence-electron chi connectivity index (χ0n) is 9.10. The van der Waals surface area contributed by atoms with Gasteiger partial charge in [-0.15, -0.1) is 0 Å². The van der Waals surface area contributed by atoms with Crippen molar-refractivity contribution in [2.24, 2.45) is 0 Å². The summed E-state index contributed by atoms with van der Waals surface area (Å²) in [6, 6.07) is 4.96. The molecule has 86 valence electrons. The zero-order chi connectivity index (χ0) is 12.3. The van der Waals surface area contributed by atoms with E-state index >= 15 is 0 Å². The van der Waals surface area contributed by atoms with Crippen molar-refractivity contribution in [3.05, 3.63) is 29.3 Å². The standard InChI is InChI=1S/C11H13NO4/c1-3-8-7(2)5-4-6-9(8)12(10(13)14)11(15)16/h4-6H,3H2,1-2H3,(H,13,14)(H,15,16). The zero-order valence-corrected chi connectivity index (χ0v) is 9.10. The molecule has 0 atom stereocenters. The van der Waals surface area contributed by atoms with Gasteiger partial charge in [-0.1, -0.05) is 19.1 Å². The van der Waals surface area contributed by atoms with E-state index in [1.54, 1.807) is 6.07 Å². The van der Waals surface area contributed by atoms with Crippen molar-refractivity contribution in [1.29, 1.82) is 0 Å². The Bertz CT molecular complexity index is 414. The highest BCUT2D eigenvalue weighted by Crippen LogP contribution is 2.24. The first-order chi connectivity index (χ1) is 7.49. The summed E-state index contributed by atoms with van der Waals surface area (Å²) < 4.78 is 0. The van der Waals surface area contributed by atoms with Crippen LogP contribution < -0.4 is 4.90 Å². The molecule has 0 aliphatic carbocycles. The van der Waals surface area contributed by atoms with Crippen LogP contribution in [0.1, 0.15) is 18.1 Å². The maximum atomic E-state index is 10.9. The summed E-state index contributed by atoms with van der Waals surface area (Å²) in [6.45, 7) is 3.68. The van der Waals surface area contributed by atoms with Gasteiger partial charge in [-0.2, -0.15) is 4.90 Å². The van der Waals surface area contributed by atoms with Gasteiger partial charge >= 0.3 is 12.2 Å². The van der Waals surface area contributed by atoms with Gasteiger partial charge in [-0.3, -0.25) is 0 Å². The molecule has 0 heterocycles. The maximum absolute atomic E-state index is 10.9. The van der Waals surface area contributed by atoms with Crippen LogP contribution in [0, 0.1) is 6.92 Å². The van der Waals surface area contributed by atoms with Crippen LogP contribution in [-0.2, 0) is 6.42 Å². The van der Waals surface area contributed by atoms with Crippen LogP contribution in [0.15, 0.2) is 18.2 Å². The van der Waals surface area contributed by atoms with E-state index in [1.807, 2.05) is 19.9 Å². The third-order valence-corrected chi connectivity index (χ3v) is 2.36. The number of hydrogen-bond acceptors (Lipinski definition) is 2. The van der Waals surface area contributed by atoms with Crippen molar-refractivity contribution >= 4 is 17.9 Å². The maximum Gasteiger partial charge on any atom is 0.421 e. The number of imide groups is 1. The Balaban J connectivity index is 3.35. The van der Waals surface area contributed by atoms with Crippen LogP contribution in [0.2, 0.25) is 0 Å². The predicted molar refractivity (Wildman–Crippen MR) is 59.1 cm³/mol. The molecule has 0 spiro atoms. The second kappa shape index (κ2) is 4.65. The van der Waals surface area contributed by atoms with Crippen molar-refractivity contribution in [3.63, 3.8) is 0 Å². The Hall–Kier alpha value is -2.04. The van der Waals surface area contributed by atoms with Gasteiger partial charge < -0.3 is 10.2 Å². The summed E-state index contributed by atoms with van der Waals surface area (Å²) in [5.74, 6) is 0. The average Bonchev–Trinajstić information content (AvgIpc) is 2.16. The third-order valence-electron chi connectivity index (χ3n) is 2.36. The van der Waals surface area contributed by atoms with Crippen molar-refractivity contribution in [2.75, 3.05) is 4.90 Å². The first kappa shape index (κ1) is 12.0. The largest absolute Gasteiger partial charge is 0.464 e. The highest BCUT2D eigenvalue weighted by atomic mass is 16.4. The van der Waals surface area contributed by atoms with E-state index in [0.717, 1.165) is 11.1 Å². The number of carbonyl (C=O) groups is 2. The lowest BCUT2D eigenvalue weighted by Gasteiger charge is -2.18. The van der Waals surface area contributed by atoms with Crippen molar-refractivity contribution in [2.45, 2.75) is 20.3 Å². The van der Waals surface area contributed by atoms with Crippen LogP contribution in [0.4, 0.5) is 15.3 Å². The number of hydrogen-bond donors (Lipinski definition) is 2. The number of aryl methyl sites for hydroxylation is 1. The lowest BCUT2D eigenvalue weighted by atomic mass is 10.0. The molecule has 1 rings (SSSR count). The van der Waals surface area contributed by atoms with Crippen molar-refractivity contribution in [1.82, 2.24) is 0 Å². The second-order valence-electron chi connectivity index (χ2n) is 3.33. The molecular formula is C11H13NO4. The van der Waals surface area contributed by atoms with Crippen LogP contribution >= 0.6 is 0 Å². The Morgan fingerprint density at radius 2 is 1.81 bits per heavy atom. The molecule has 0 fully saturated rings. The molecule has 5 heteroatoms. The van der Waals surface area contributed by atoms with Gasteiger partial charge in [0, 0.05) is 0 Å². The highest BCUT2D eigenvalue weighted by Gasteiger charge is 2.24. The summed E-state index contributed by atoms with van der Waals surface area (Å²) in [6.07, 6.45) is -2.40. The van der Waals surface area contributed by atoms with E-state index in [2.05, 4.69) is 0 Å². The van der Waals surface area contributed by atoms with E-state index in [0.29, 0.717) is 11.3 Å². The van der Waals surface area contributed by atoms with Crippen LogP contribution in [-0.4, -0.2) is 22.4 Å². The third kappa shape index (κ3) is 2.13. The molecule has 16 heavy (non-hydrogen) atoms. The SMILES string of the molecule is CCc1c(C)cccc1N(C(=O)O)C(=O)O. The fraction of sp³-hybridized carbons (Fsp3) is 0.273. The fourth-order valence-electron chi connectivity index (χ4n) is 1.64. The first-order valence-corrected chi connectivity index (χ1v) is 4.83. The summed E-state index contributed by atoms with van der Waals surface area (Å²) in [5.41, 5.74) is 1.82. The van der Waals surface area contributed by atoms with Gasteiger partial charge in [0.1, 0.15) is 0 Å². The minimum Gasteiger partial charge on any atom is -0.464 e. The fourth-order valence-corrected chi connectivity index (χ4v) is 1.64. The number of anilines is 1. The van der Waals surface area contributed by atoms with Crippen molar-refractivity contribution in [3.8, 4) is 0 Å². The molecule has 2 amide bonds. The van der Waals surface area contributed by atoms with Crippen LogP contribution in [0.3, 0.4) is 0 Å². The second-order valence-corrected chi connectivity index (χ2v) is 3.33. The van der Waals surface area contributed by atoms with Gasteiger partial charge in [0.05, 0.1) is 5.69 Å². The molecule has 0 radical (unpaired) electrons. The molecule has 0 aliphatic rings. The number of benzene rings is 1. The molecule has 0 aliphatic heterocycles. The predicted octanol–water partition coefficient (Wildman–Crippen LogP) is 2.72. The average molecular weight is 223 g/mol. The van der Waals surface area contributed by atoms with Gasteiger partial charge in [0.15, 0.2) is 0 Å². The molecule has 5 nitrogen and oxygen atoms in total. The van der Waals surface area contributed by atoms with E-state index in [9.17, 15) is 9.59 Å². The Kier molecular flexibility index (Phi) is 3.50. The molecule has 0 saturated heterocycles. The summed E-state index contributed by atoms with van der Waals surface area (Å²) >= 11 is 0. The normalized spacial score (nSPS) is 9.88. The number of carboxylic acid groups (broad SMARTS) is 2. The number of nitrogens with zero attached hydrogens (tertiary/aromatic N) is 1. The van der Waals surface area contributed by atoms with Gasteiger partial charge in [0.2, 0.25) is 0 Å².